The van der Waals surface area contributed by atoms with E-state index in [4.69, 9.17) is 12.2 Å². The fourth-order valence-corrected chi connectivity index (χ4v) is 3.13. The Hall–Kier alpha value is -1.72. The first kappa shape index (κ1) is 12.3. The Balaban J connectivity index is 2.29. The number of fused-ring (bicyclic) bond motifs is 1. The van der Waals surface area contributed by atoms with Crippen molar-refractivity contribution in [3.05, 3.63) is 56.4 Å². The fourth-order valence-electron chi connectivity index (χ4n) is 2.05. The molecule has 0 radical (unpaired) electrons. The Morgan fingerprint density at radius 3 is 2.68 bits per heavy atom. The van der Waals surface area contributed by atoms with Gasteiger partial charge in [0.15, 0.2) is 4.77 Å². The van der Waals surface area contributed by atoms with Crippen LogP contribution in [0.25, 0.3) is 15.9 Å². The van der Waals surface area contributed by atoms with Crippen LogP contribution in [-0.2, 0) is 6.42 Å². The monoisotopic (exact) mass is 288 g/mol. The van der Waals surface area contributed by atoms with Gasteiger partial charge in [-0.3, -0.25) is 9.36 Å². The maximum absolute atomic E-state index is 12.5. The number of aromatic nitrogens is 2. The number of thiophene rings is 1. The Bertz CT molecular complexity index is 840. The van der Waals surface area contributed by atoms with Crippen LogP contribution in [0.5, 0.6) is 0 Å². The first-order chi connectivity index (χ1) is 9.20. The highest BCUT2D eigenvalue weighted by molar-refractivity contribution is 7.71. The van der Waals surface area contributed by atoms with E-state index in [2.05, 4.69) is 11.9 Å². The Morgan fingerprint density at radius 2 is 2.00 bits per heavy atom. The van der Waals surface area contributed by atoms with Crippen molar-refractivity contribution in [3.63, 3.8) is 0 Å². The summed E-state index contributed by atoms with van der Waals surface area (Å²) in [5, 5.41) is 1.89. The van der Waals surface area contributed by atoms with Crippen LogP contribution >= 0.6 is 23.6 Å². The van der Waals surface area contributed by atoms with Crippen molar-refractivity contribution in [2.24, 2.45) is 0 Å². The van der Waals surface area contributed by atoms with Crippen LogP contribution in [0.1, 0.15) is 12.5 Å². The molecular formula is C14H12N2OS2. The molecule has 0 aliphatic carbocycles. The molecule has 96 valence electrons. The molecule has 2 heterocycles. The van der Waals surface area contributed by atoms with Gasteiger partial charge in [0.1, 0.15) is 4.70 Å². The molecule has 0 fully saturated rings. The van der Waals surface area contributed by atoms with Crippen LogP contribution in [0.15, 0.2) is 40.5 Å². The standard InChI is InChI=1S/C14H12N2OS2/c1-2-9-3-5-10(6-4-9)16-13(17)12-11(7-8-19-12)15-14(16)18/h3-8H,2H2,1H3,(H,15,18). The molecule has 2 aromatic heterocycles. The average Bonchev–Trinajstić information content (AvgIpc) is 2.88. The first-order valence-electron chi connectivity index (χ1n) is 6.02. The highest BCUT2D eigenvalue weighted by Gasteiger charge is 2.08. The van der Waals surface area contributed by atoms with Crippen LogP contribution in [0.3, 0.4) is 0 Å². The Morgan fingerprint density at radius 1 is 1.26 bits per heavy atom. The molecule has 3 aromatic rings. The summed E-state index contributed by atoms with van der Waals surface area (Å²) < 4.78 is 2.68. The fraction of sp³-hybridized carbons (Fsp3) is 0.143. The predicted molar refractivity (Wildman–Crippen MR) is 82.0 cm³/mol. The molecule has 1 aromatic carbocycles. The molecule has 0 spiro atoms. The van der Waals surface area contributed by atoms with E-state index in [-0.39, 0.29) is 5.56 Å². The Labute approximate surface area is 119 Å². The van der Waals surface area contributed by atoms with Crippen molar-refractivity contribution in [1.29, 1.82) is 0 Å². The van der Waals surface area contributed by atoms with Crippen molar-refractivity contribution in [3.8, 4) is 5.69 Å². The second kappa shape index (κ2) is 4.75. The molecule has 0 amide bonds. The van der Waals surface area contributed by atoms with Crippen molar-refractivity contribution >= 4 is 33.8 Å². The number of aryl methyl sites for hydroxylation is 1. The van der Waals surface area contributed by atoms with Gasteiger partial charge >= 0.3 is 0 Å². The average molecular weight is 288 g/mol. The summed E-state index contributed by atoms with van der Waals surface area (Å²) in [6, 6.07) is 9.79. The van der Waals surface area contributed by atoms with E-state index < -0.39 is 0 Å². The first-order valence-corrected chi connectivity index (χ1v) is 7.31. The number of benzene rings is 1. The van der Waals surface area contributed by atoms with Crippen LogP contribution in [0.4, 0.5) is 0 Å². The highest BCUT2D eigenvalue weighted by atomic mass is 32.1. The quantitative estimate of drug-likeness (QED) is 0.731. The summed E-state index contributed by atoms with van der Waals surface area (Å²) in [6.45, 7) is 2.10. The van der Waals surface area contributed by atoms with E-state index in [1.807, 2.05) is 35.7 Å². The summed E-state index contributed by atoms with van der Waals surface area (Å²) in [6.07, 6.45) is 0.978. The van der Waals surface area contributed by atoms with Crippen LogP contribution in [0.2, 0.25) is 0 Å². The molecule has 0 saturated carbocycles. The van der Waals surface area contributed by atoms with Crippen LogP contribution in [-0.4, -0.2) is 9.55 Å². The van der Waals surface area contributed by atoms with Crippen molar-refractivity contribution in [2.45, 2.75) is 13.3 Å². The molecule has 0 aliphatic rings. The van der Waals surface area contributed by atoms with E-state index in [0.29, 0.717) is 9.47 Å². The molecule has 19 heavy (non-hydrogen) atoms. The second-order valence-corrected chi connectivity index (χ2v) is 5.56. The lowest BCUT2D eigenvalue weighted by Gasteiger charge is -2.07. The van der Waals surface area contributed by atoms with Crippen molar-refractivity contribution in [2.75, 3.05) is 0 Å². The lowest BCUT2D eigenvalue weighted by atomic mass is 10.1. The van der Waals surface area contributed by atoms with E-state index in [1.54, 1.807) is 4.57 Å². The minimum atomic E-state index is -0.0574. The van der Waals surface area contributed by atoms with Gasteiger partial charge in [-0.15, -0.1) is 11.3 Å². The van der Waals surface area contributed by atoms with Crippen molar-refractivity contribution in [1.82, 2.24) is 9.55 Å². The maximum atomic E-state index is 12.5. The zero-order valence-electron chi connectivity index (χ0n) is 10.3. The van der Waals surface area contributed by atoms with Crippen LogP contribution < -0.4 is 5.56 Å². The summed E-state index contributed by atoms with van der Waals surface area (Å²) in [5.74, 6) is 0. The third-order valence-corrected chi connectivity index (χ3v) is 4.30. The second-order valence-electron chi connectivity index (χ2n) is 4.25. The van der Waals surface area contributed by atoms with Gasteiger partial charge in [-0.25, -0.2) is 0 Å². The van der Waals surface area contributed by atoms with Gasteiger partial charge < -0.3 is 4.98 Å². The van der Waals surface area contributed by atoms with E-state index in [1.165, 1.54) is 16.9 Å². The smallest absolute Gasteiger partial charge is 0.276 e. The molecule has 1 N–H and O–H groups in total. The normalized spacial score (nSPS) is 11.0. The largest absolute Gasteiger partial charge is 0.331 e. The molecule has 0 bridgehead atoms. The topological polar surface area (TPSA) is 37.8 Å². The lowest BCUT2D eigenvalue weighted by Crippen LogP contribution is -2.19. The minimum Gasteiger partial charge on any atom is -0.331 e. The van der Waals surface area contributed by atoms with Crippen LogP contribution in [0, 0.1) is 4.77 Å². The number of rotatable bonds is 2. The molecule has 0 saturated heterocycles. The number of H-pyrrole nitrogens is 1. The summed E-state index contributed by atoms with van der Waals surface area (Å²) >= 11 is 6.72. The SMILES string of the molecule is CCc1ccc(-n2c(=S)[nH]c3ccsc3c2=O)cc1. The minimum absolute atomic E-state index is 0.0574. The number of hydrogen-bond donors (Lipinski definition) is 1. The van der Waals surface area contributed by atoms with Gasteiger partial charge in [-0.1, -0.05) is 19.1 Å². The molecular weight excluding hydrogens is 276 g/mol. The van der Waals surface area contributed by atoms with Gasteiger partial charge in [0.05, 0.1) is 11.2 Å². The third-order valence-electron chi connectivity index (χ3n) is 3.11. The number of aromatic amines is 1. The van der Waals surface area contributed by atoms with E-state index in [9.17, 15) is 4.79 Å². The number of nitrogens with zero attached hydrogens (tertiary/aromatic N) is 1. The summed E-state index contributed by atoms with van der Waals surface area (Å²) in [7, 11) is 0. The molecule has 3 rings (SSSR count). The maximum Gasteiger partial charge on any atom is 0.276 e. The third kappa shape index (κ3) is 2.05. The van der Waals surface area contributed by atoms with Crippen molar-refractivity contribution < 1.29 is 0 Å². The van der Waals surface area contributed by atoms with Gasteiger partial charge in [-0.05, 0) is 47.8 Å². The summed E-state index contributed by atoms with van der Waals surface area (Å²) in [4.78, 5) is 15.5. The van der Waals surface area contributed by atoms with Gasteiger partial charge in [-0.2, -0.15) is 0 Å². The zero-order chi connectivity index (χ0) is 13.4. The highest BCUT2D eigenvalue weighted by Crippen LogP contribution is 2.16. The van der Waals surface area contributed by atoms with E-state index in [0.717, 1.165) is 17.6 Å². The molecule has 0 aliphatic heterocycles. The van der Waals surface area contributed by atoms with Gasteiger partial charge in [0, 0.05) is 0 Å². The van der Waals surface area contributed by atoms with Gasteiger partial charge in [0.2, 0.25) is 0 Å². The molecule has 3 nitrogen and oxygen atoms in total. The van der Waals surface area contributed by atoms with Gasteiger partial charge in [0.25, 0.3) is 5.56 Å². The number of hydrogen-bond acceptors (Lipinski definition) is 3. The molecule has 0 unspecified atom stereocenters. The molecule has 0 atom stereocenters. The zero-order valence-corrected chi connectivity index (χ0v) is 12.0. The lowest BCUT2D eigenvalue weighted by molar-refractivity contribution is 0.941. The van der Waals surface area contributed by atoms with E-state index >= 15 is 0 Å². The molecule has 5 heteroatoms. The Kier molecular flexibility index (Phi) is 3.08. The predicted octanol–water partition coefficient (Wildman–Crippen LogP) is 3.67. The number of nitrogens with one attached hydrogen (secondary N) is 1. The summed E-state index contributed by atoms with van der Waals surface area (Å²) in [5.41, 5.74) is 2.79.